The van der Waals surface area contributed by atoms with Crippen LogP contribution < -0.4 is 16.2 Å². The number of benzene rings is 2. The first-order valence-corrected chi connectivity index (χ1v) is 11.4. The minimum atomic E-state index is -5.13. The van der Waals surface area contributed by atoms with E-state index < -0.39 is 52.4 Å². The van der Waals surface area contributed by atoms with Gasteiger partial charge in [0.05, 0.1) is 28.8 Å². The van der Waals surface area contributed by atoms with Crippen LogP contribution in [0.2, 0.25) is 0 Å². The molecule has 8 nitrogen and oxygen atoms in total. The van der Waals surface area contributed by atoms with Crippen LogP contribution in [0.1, 0.15) is 28.5 Å². The molecular formula is C25H17F7N6O2. The molecule has 0 bridgehead atoms. The molecule has 15 heteroatoms. The smallest absolute Gasteiger partial charge is 0.369 e. The normalized spacial score (nSPS) is 14.1. The monoisotopic (exact) mass is 566 g/mol. The van der Waals surface area contributed by atoms with Crippen molar-refractivity contribution in [3.05, 3.63) is 89.5 Å². The van der Waals surface area contributed by atoms with E-state index in [4.69, 9.17) is 10.3 Å². The molecule has 0 aliphatic carbocycles. The predicted molar refractivity (Wildman–Crippen MR) is 128 cm³/mol. The maximum atomic E-state index is 14.2. The third-order valence-corrected chi connectivity index (χ3v) is 6.12. The molecule has 2 aromatic heterocycles. The summed E-state index contributed by atoms with van der Waals surface area (Å²) in [7, 11) is 0. The second-order valence-electron chi connectivity index (χ2n) is 8.71. The molecule has 1 aliphatic heterocycles. The van der Waals surface area contributed by atoms with Crippen molar-refractivity contribution in [2.45, 2.75) is 24.8 Å². The Morgan fingerprint density at radius 2 is 1.80 bits per heavy atom. The molecule has 0 spiro atoms. The van der Waals surface area contributed by atoms with Crippen LogP contribution in [0.15, 0.2) is 65.6 Å². The molecule has 208 valence electrons. The van der Waals surface area contributed by atoms with E-state index in [0.717, 1.165) is 6.07 Å². The van der Waals surface area contributed by atoms with Crippen molar-refractivity contribution in [3.63, 3.8) is 0 Å². The Labute approximate surface area is 220 Å². The van der Waals surface area contributed by atoms with Gasteiger partial charge in [0.1, 0.15) is 17.4 Å². The number of para-hydroxylation sites is 1. The lowest BCUT2D eigenvalue weighted by Gasteiger charge is -2.25. The maximum Gasteiger partial charge on any atom is 0.417 e. The van der Waals surface area contributed by atoms with Crippen LogP contribution in [0.3, 0.4) is 0 Å². The highest BCUT2D eigenvalue weighted by atomic mass is 19.4. The van der Waals surface area contributed by atoms with E-state index in [9.17, 15) is 35.5 Å². The third-order valence-electron chi connectivity index (χ3n) is 6.12. The van der Waals surface area contributed by atoms with E-state index >= 15 is 0 Å². The van der Waals surface area contributed by atoms with Gasteiger partial charge in [0.15, 0.2) is 11.6 Å². The first-order valence-electron chi connectivity index (χ1n) is 11.4. The molecule has 2 aromatic carbocycles. The fourth-order valence-corrected chi connectivity index (χ4v) is 4.16. The minimum Gasteiger partial charge on any atom is -0.369 e. The van der Waals surface area contributed by atoms with E-state index in [1.807, 2.05) is 0 Å². The van der Waals surface area contributed by atoms with Gasteiger partial charge in [-0.25, -0.2) is 9.37 Å². The Morgan fingerprint density at radius 3 is 2.48 bits per heavy atom. The number of nitrogens with zero attached hydrogens (tertiary/aromatic N) is 4. The molecule has 1 atom stereocenters. The molecule has 40 heavy (non-hydrogen) atoms. The Hall–Kier alpha value is -4.82. The number of carbonyl (C=O) groups excluding carboxylic acids is 1. The summed E-state index contributed by atoms with van der Waals surface area (Å²) in [6.07, 6.45) is -5.66. The predicted octanol–water partition coefficient (Wildman–Crippen LogP) is 5.80. The number of nitrogens with one attached hydrogen (secondary N) is 1. The number of rotatable bonds is 6. The lowest BCUT2D eigenvalue weighted by Crippen LogP contribution is -2.28. The molecule has 3 heterocycles. The fourth-order valence-electron chi connectivity index (χ4n) is 4.16. The zero-order valence-electron chi connectivity index (χ0n) is 20.0. The van der Waals surface area contributed by atoms with Gasteiger partial charge in [-0.15, -0.1) is 0 Å². The van der Waals surface area contributed by atoms with E-state index in [1.54, 1.807) is 18.2 Å². The summed E-state index contributed by atoms with van der Waals surface area (Å²) >= 11 is 0. The van der Waals surface area contributed by atoms with E-state index in [0.29, 0.717) is 23.6 Å². The SMILES string of the molecule is NC(=O)C(Cn1cnc2c1C=CN(c1ccccc1F)N2)c1cc(-c2ccc(C(F)(F)F)cc2C(F)(F)F)no1. The van der Waals surface area contributed by atoms with Crippen LogP contribution in [0.5, 0.6) is 0 Å². The number of fused-ring (bicyclic) bond motifs is 1. The topological polar surface area (TPSA) is 102 Å². The van der Waals surface area contributed by atoms with Crippen LogP contribution in [0, 0.1) is 5.82 Å². The number of hydrazine groups is 1. The van der Waals surface area contributed by atoms with Crippen molar-refractivity contribution in [1.82, 2.24) is 14.7 Å². The highest BCUT2D eigenvalue weighted by Crippen LogP contribution is 2.41. The number of hydrogen-bond donors (Lipinski definition) is 2. The Bertz CT molecular complexity index is 1610. The summed E-state index contributed by atoms with van der Waals surface area (Å²) in [4.78, 5) is 16.5. The molecule has 0 radical (unpaired) electrons. The number of primary amides is 1. The summed E-state index contributed by atoms with van der Waals surface area (Å²) in [5.41, 5.74) is 5.00. The largest absolute Gasteiger partial charge is 0.417 e. The number of carbonyl (C=O) groups is 1. The van der Waals surface area contributed by atoms with Gasteiger partial charge in [-0.2, -0.15) is 26.3 Å². The molecular weight excluding hydrogens is 549 g/mol. The van der Waals surface area contributed by atoms with Gasteiger partial charge < -0.3 is 14.8 Å². The van der Waals surface area contributed by atoms with Gasteiger partial charge >= 0.3 is 12.4 Å². The lowest BCUT2D eigenvalue weighted by atomic mass is 9.99. The molecule has 4 aromatic rings. The number of anilines is 2. The van der Waals surface area contributed by atoms with Crippen molar-refractivity contribution in [2.75, 3.05) is 10.4 Å². The Morgan fingerprint density at radius 1 is 1.05 bits per heavy atom. The number of aromatic nitrogens is 3. The van der Waals surface area contributed by atoms with Crippen LogP contribution in [-0.2, 0) is 23.7 Å². The summed E-state index contributed by atoms with van der Waals surface area (Å²) in [5.74, 6) is -2.53. The van der Waals surface area contributed by atoms with Crippen molar-refractivity contribution >= 4 is 23.5 Å². The average molecular weight is 566 g/mol. The number of imidazole rings is 1. The Kier molecular flexibility index (Phi) is 6.51. The van der Waals surface area contributed by atoms with E-state index in [2.05, 4.69) is 15.6 Å². The van der Waals surface area contributed by atoms with Crippen molar-refractivity contribution in [3.8, 4) is 11.3 Å². The first-order chi connectivity index (χ1) is 18.8. The van der Waals surface area contributed by atoms with Crippen LogP contribution in [0.25, 0.3) is 17.3 Å². The van der Waals surface area contributed by atoms with Crippen LogP contribution >= 0.6 is 0 Å². The maximum absolute atomic E-state index is 14.2. The summed E-state index contributed by atoms with van der Waals surface area (Å²) in [5, 5.41) is 4.96. The third kappa shape index (κ3) is 5.09. The zero-order chi connectivity index (χ0) is 28.8. The molecule has 1 aliphatic rings. The highest BCUT2D eigenvalue weighted by Gasteiger charge is 2.39. The van der Waals surface area contributed by atoms with Crippen molar-refractivity contribution in [2.24, 2.45) is 5.73 Å². The van der Waals surface area contributed by atoms with Crippen LogP contribution in [-0.4, -0.2) is 20.6 Å². The number of amides is 1. The van der Waals surface area contributed by atoms with E-state index in [1.165, 1.54) is 34.2 Å². The number of hydrogen-bond acceptors (Lipinski definition) is 6. The number of halogens is 7. The number of nitrogens with two attached hydrogens (primary N) is 1. The van der Waals surface area contributed by atoms with Crippen molar-refractivity contribution < 1.29 is 40.1 Å². The molecule has 1 unspecified atom stereocenters. The van der Waals surface area contributed by atoms with Crippen LogP contribution in [0.4, 0.5) is 42.2 Å². The van der Waals surface area contributed by atoms with Crippen molar-refractivity contribution in [1.29, 1.82) is 0 Å². The molecule has 5 rings (SSSR count). The minimum absolute atomic E-state index is 0.0169. The van der Waals surface area contributed by atoms with Gasteiger partial charge in [0.25, 0.3) is 0 Å². The fraction of sp³-hybridized carbons (Fsp3) is 0.160. The number of alkyl halides is 6. The summed E-state index contributed by atoms with van der Waals surface area (Å²) in [6, 6.07) is 8.13. The van der Waals surface area contributed by atoms with Gasteiger partial charge in [-0.05, 0) is 30.3 Å². The van der Waals surface area contributed by atoms with Gasteiger partial charge in [0.2, 0.25) is 5.91 Å². The average Bonchev–Trinajstić information content (AvgIpc) is 3.53. The zero-order valence-corrected chi connectivity index (χ0v) is 20.0. The molecule has 0 saturated carbocycles. The second-order valence-corrected chi connectivity index (χ2v) is 8.71. The van der Waals surface area contributed by atoms with Gasteiger partial charge in [-0.1, -0.05) is 23.4 Å². The molecule has 0 saturated heterocycles. The Balaban J connectivity index is 1.43. The van der Waals surface area contributed by atoms with Gasteiger partial charge in [0, 0.05) is 24.4 Å². The molecule has 0 fully saturated rings. The van der Waals surface area contributed by atoms with E-state index in [-0.39, 0.29) is 24.1 Å². The highest BCUT2D eigenvalue weighted by molar-refractivity contribution is 5.82. The summed E-state index contributed by atoms with van der Waals surface area (Å²) < 4.78 is 101. The van der Waals surface area contributed by atoms with Gasteiger partial charge in [-0.3, -0.25) is 15.2 Å². The lowest BCUT2D eigenvalue weighted by molar-refractivity contribution is -0.142. The second kappa shape index (κ2) is 9.73. The molecule has 1 amide bonds. The summed E-state index contributed by atoms with van der Waals surface area (Å²) in [6.45, 7) is -0.169. The first kappa shape index (κ1) is 26.8. The molecule has 3 N–H and O–H groups in total. The standard InChI is InChI=1S/C25H17F7N6O2/c26-17-3-1-2-4-19(17)38-8-7-20-23(35-38)34-12-37(20)11-15(22(33)39)21-10-18(36-40-21)14-6-5-13(24(27,28)29)9-16(14)25(30,31)32/h1-10,12,15,35H,11H2,(H2,33,39). The quantitative estimate of drug-likeness (QED) is 0.286.